The number of esters is 1. The number of piperidine rings is 1. The molecule has 2 saturated heterocycles. The van der Waals surface area contributed by atoms with Crippen LogP contribution in [0.1, 0.15) is 132 Å². The standard InChI is InChI=1S/C53H83NO13/c1-33-16-12-11-13-17-35(3)45(62-8)31-41-23-21-39(7)53(61,67-41)50(58)51(59)54-25-15-14-18-42(54)52(60)66-46(37(5)29-40-22-24-44(65-27-26-55)47(30-40)63-9)32-43(56)34(2)19-20-36(4)49(64-10)48(57)38(6)28-33/h11-13,16-17,19,33,36-42,44-47,49,55,61H,14-15,18,20-32H2,1-10H3/t33-,36-,37-,38-,39-,40+,41+,42+,44-,45+,46?,47-,49-,53-/m1/s1. The number of hydrogen-bond donors (Lipinski definition) is 2. The van der Waals surface area contributed by atoms with Crippen LogP contribution in [-0.2, 0) is 52.4 Å². The summed E-state index contributed by atoms with van der Waals surface area (Å²) in [6.45, 7) is 13.5. The van der Waals surface area contributed by atoms with Crippen LogP contribution in [-0.4, -0.2) is 134 Å². The zero-order chi connectivity index (χ0) is 49.4. The highest BCUT2D eigenvalue weighted by atomic mass is 16.6. The Labute approximate surface area is 400 Å². The van der Waals surface area contributed by atoms with Gasteiger partial charge in [0, 0.05) is 52.6 Å². The number of hydrogen-bond acceptors (Lipinski definition) is 13. The molecule has 67 heavy (non-hydrogen) atoms. The van der Waals surface area contributed by atoms with Gasteiger partial charge in [0.05, 0.1) is 37.6 Å². The molecular weight excluding hydrogens is 859 g/mol. The Balaban J connectivity index is 1.67. The number of carbonyl (C=O) groups excluding carboxylic acids is 5. The number of aliphatic hydroxyl groups excluding tert-OH is 1. The second kappa shape index (κ2) is 27.1. The highest BCUT2D eigenvalue weighted by Crippen LogP contribution is 2.38. The Kier molecular flexibility index (Phi) is 22.8. The number of fused-ring (bicyclic) bond motifs is 3. The van der Waals surface area contributed by atoms with Gasteiger partial charge in [0.1, 0.15) is 18.2 Å². The first-order valence-electron chi connectivity index (χ1n) is 24.9. The van der Waals surface area contributed by atoms with Crippen LogP contribution in [0.15, 0.2) is 47.6 Å². The maximum atomic E-state index is 14.4. The number of amides is 1. The summed E-state index contributed by atoms with van der Waals surface area (Å²) in [4.78, 5) is 72.0. The molecule has 3 heterocycles. The minimum atomic E-state index is -2.41. The minimum Gasteiger partial charge on any atom is -0.460 e. The molecule has 378 valence electrons. The number of ether oxygens (including phenoxy) is 6. The molecule has 1 amide bonds. The molecule has 4 rings (SSSR count). The molecule has 4 aliphatic rings. The summed E-state index contributed by atoms with van der Waals surface area (Å²) in [6, 6.07) is -1.11. The van der Waals surface area contributed by atoms with Gasteiger partial charge >= 0.3 is 5.97 Å². The normalized spacial score (nSPS) is 35.9. The number of methoxy groups -OCH3 is 3. The lowest BCUT2D eigenvalue weighted by Gasteiger charge is -2.42. The predicted octanol–water partition coefficient (Wildman–Crippen LogP) is 7.23. The Hall–Kier alpha value is -3.37. The molecule has 0 aromatic rings. The van der Waals surface area contributed by atoms with E-state index >= 15 is 0 Å². The lowest BCUT2D eigenvalue weighted by atomic mass is 9.78. The van der Waals surface area contributed by atoms with Crippen LogP contribution >= 0.6 is 0 Å². The summed E-state index contributed by atoms with van der Waals surface area (Å²) in [5.41, 5.74) is 1.38. The van der Waals surface area contributed by atoms with E-state index in [2.05, 4.69) is 13.0 Å². The van der Waals surface area contributed by atoms with Crippen molar-refractivity contribution in [2.75, 3.05) is 41.1 Å². The van der Waals surface area contributed by atoms with E-state index in [0.717, 1.165) is 18.4 Å². The van der Waals surface area contributed by atoms with E-state index < -0.39 is 59.8 Å². The monoisotopic (exact) mass is 942 g/mol. The highest BCUT2D eigenvalue weighted by molar-refractivity contribution is 6.39. The first kappa shape index (κ1) is 56.2. The number of nitrogens with zero attached hydrogens (tertiary/aromatic N) is 1. The molecule has 1 unspecified atom stereocenters. The van der Waals surface area contributed by atoms with Gasteiger partial charge in [-0.15, -0.1) is 0 Å². The first-order valence-corrected chi connectivity index (χ1v) is 24.9. The number of Topliss-reactive ketones (excluding diaryl/α,β-unsaturated/α-hetero) is 3. The quantitative estimate of drug-likeness (QED) is 0.175. The molecule has 1 saturated carbocycles. The maximum absolute atomic E-state index is 14.4. The number of aliphatic hydroxyl groups is 2. The lowest BCUT2D eigenvalue weighted by Crippen LogP contribution is -2.61. The van der Waals surface area contributed by atoms with Crippen LogP contribution in [0.4, 0.5) is 0 Å². The number of carbonyl (C=O) groups is 5. The van der Waals surface area contributed by atoms with Crippen LogP contribution < -0.4 is 0 Å². The van der Waals surface area contributed by atoms with Gasteiger partial charge in [-0.25, -0.2) is 4.79 Å². The fourth-order valence-corrected chi connectivity index (χ4v) is 10.5. The molecule has 14 nitrogen and oxygen atoms in total. The zero-order valence-corrected chi connectivity index (χ0v) is 42.1. The number of ketones is 3. The summed E-state index contributed by atoms with van der Waals surface area (Å²) in [5, 5.41) is 21.3. The number of allylic oxidation sites excluding steroid dienone is 7. The summed E-state index contributed by atoms with van der Waals surface area (Å²) < 4.78 is 35.8. The van der Waals surface area contributed by atoms with Crippen molar-refractivity contribution in [3.8, 4) is 0 Å². The molecule has 2 bridgehead atoms. The van der Waals surface area contributed by atoms with E-state index in [1.807, 2.05) is 58.1 Å². The number of cyclic esters (lactones) is 1. The second-order valence-corrected chi connectivity index (χ2v) is 20.1. The number of rotatable bonds is 9. The van der Waals surface area contributed by atoms with E-state index in [9.17, 15) is 34.2 Å². The van der Waals surface area contributed by atoms with Gasteiger partial charge in [0.25, 0.3) is 11.7 Å². The molecule has 3 fully saturated rings. The van der Waals surface area contributed by atoms with E-state index in [-0.39, 0.29) is 86.0 Å². The largest absolute Gasteiger partial charge is 0.460 e. The lowest BCUT2D eigenvalue weighted by molar-refractivity contribution is -0.265. The summed E-state index contributed by atoms with van der Waals surface area (Å²) >= 11 is 0. The van der Waals surface area contributed by atoms with Crippen LogP contribution in [0.25, 0.3) is 0 Å². The van der Waals surface area contributed by atoms with Gasteiger partial charge in [0.2, 0.25) is 5.79 Å². The topological polar surface area (TPSA) is 184 Å². The SMILES string of the molecule is CO[C@H]1C[C@@H]2CC[C@@H](C)[C@@](O)(O2)C(=O)C(=O)N2CCCC[C@H]2C(=O)OC([C@H](C)C[C@@H]2CC[C@@H](OCCO)[C@H](OC)C2)CC(=O)C(C)=CC[C@@H](C)[C@@H](OC)C(=O)[C@H](C)C[C@H](C)C=CC=CC=C1C. The first-order chi connectivity index (χ1) is 31.9. The molecule has 2 N–H and O–H groups in total. The van der Waals surface area contributed by atoms with E-state index in [1.165, 1.54) is 12.0 Å². The molecule has 0 spiro atoms. The van der Waals surface area contributed by atoms with Crippen LogP contribution in [0, 0.1) is 35.5 Å². The molecule has 1 aliphatic carbocycles. The van der Waals surface area contributed by atoms with Crippen molar-refractivity contribution in [3.63, 3.8) is 0 Å². The van der Waals surface area contributed by atoms with Crippen LogP contribution in [0.3, 0.4) is 0 Å². The fourth-order valence-electron chi connectivity index (χ4n) is 10.5. The Morgan fingerprint density at radius 1 is 0.866 bits per heavy atom. The Bertz CT molecular complexity index is 1770. The molecular formula is C53H83NO13. The third-order valence-electron chi connectivity index (χ3n) is 14.8. The summed E-state index contributed by atoms with van der Waals surface area (Å²) in [7, 11) is 4.78. The summed E-state index contributed by atoms with van der Waals surface area (Å²) in [5.74, 6) is -6.65. The van der Waals surface area contributed by atoms with Crippen molar-refractivity contribution in [1.82, 2.24) is 4.90 Å². The van der Waals surface area contributed by atoms with Crippen LogP contribution in [0.2, 0.25) is 0 Å². The third kappa shape index (κ3) is 15.6. The van der Waals surface area contributed by atoms with E-state index in [4.69, 9.17) is 28.4 Å². The van der Waals surface area contributed by atoms with Crippen molar-refractivity contribution >= 4 is 29.2 Å². The van der Waals surface area contributed by atoms with Gasteiger partial charge in [-0.1, -0.05) is 71.1 Å². The van der Waals surface area contributed by atoms with Crippen molar-refractivity contribution in [2.24, 2.45) is 35.5 Å². The predicted molar refractivity (Wildman–Crippen MR) is 255 cm³/mol. The summed E-state index contributed by atoms with van der Waals surface area (Å²) in [6.07, 6.45) is 15.2. The van der Waals surface area contributed by atoms with E-state index in [0.29, 0.717) is 63.4 Å². The average Bonchev–Trinajstić information content (AvgIpc) is 3.31. The third-order valence-corrected chi connectivity index (χ3v) is 14.8. The van der Waals surface area contributed by atoms with Gasteiger partial charge in [-0.05, 0) is 119 Å². The van der Waals surface area contributed by atoms with Gasteiger partial charge in [-0.3, -0.25) is 19.2 Å². The van der Waals surface area contributed by atoms with E-state index in [1.54, 1.807) is 28.1 Å². The highest BCUT2D eigenvalue weighted by Gasteiger charge is 2.53. The van der Waals surface area contributed by atoms with Gasteiger partial charge in [0.15, 0.2) is 11.6 Å². The molecule has 14 atom stereocenters. The Morgan fingerprint density at radius 3 is 2.30 bits per heavy atom. The fraction of sp³-hybridized carbons (Fsp3) is 0.755. The molecule has 0 aromatic heterocycles. The molecule has 0 radical (unpaired) electrons. The van der Waals surface area contributed by atoms with Crippen molar-refractivity contribution in [1.29, 1.82) is 0 Å². The van der Waals surface area contributed by atoms with Crippen molar-refractivity contribution in [2.45, 2.75) is 180 Å². The van der Waals surface area contributed by atoms with Crippen molar-refractivity contribution in [3.05, 3.63) is 47.6 Å². The molecule has 0 aromatic carbocycles. The molecule has 14 heteroatoms. The maximum Gasteiger partial charge on any atom is 0.329 e. The van der Waals surface area contributed by atoms with Crippen molar-refractivity contribution < 1.29 is 62.6 Å². The molecule has 3 aliphatic heterocycles. The smallest absolute Gasteiger partial charge is 0.329 e. The minimum absolute atomic E-state index is 0.00795. The van der Waals surface area contributed by atoms with Gasteiger partial charge in [-0.2, -0.15) is 0 Å². The average molecular weight is 942 g/mol. The zero-order valence-electron chi connectivity index (χ0n) is 42.1. The van der Waals surface area contributed by atoms with Gasteiger partial charge < -0.3 is 43.5 Å². The second-order valence-electron chi connectivity index (χ2n) is 20.1. The Morgan fingerprint density at radius 2 is 1.61 bits per heavy atom. The van der Waals surface area contributed by atoms with Crippen LogP contribution in [0.5, 0.6) is 0 Å².